The van der Waals surface area contributed by atoms with E-state index in [1.165, 1.54) is 0 Å². The number of rotatable bonds is 4. The number of halogens is 1. The molecule has 0 aliphatic heterocycles. The normalized spacial score (nSPS) is 13.4. The van der Waals surface area contributed by atoms with Crippen molar-refractivity contribution in [3.8, 4) is 11.1 Å². The monoisotopic (exact) mass is 400 g/mol. The van der Waals surface area contributed by atoms with Gasteiger partial charge >= 0.3 is 7.60 Å². The molecule has 24 heavy (non-hydrogen) atoms. The molecule has 0 saturated carbocycles. The lowest BCUT2D eigenvalue weighted by Gasteiger charge is -2.08. The van der Waals surface area contributed by atoms with Gasteiger partial charge in [-0.15, -0.1) is 11.8 Å². The van der Waals surface area contributed by atoms with Crippen LogP contribution in [0.25, 0.3) is 22.2 Å². The summed E-state index contributed by atoms with van der Waals surface area (Å²) in [7, 11) is -4.39. The summed E-state index contributed by atoms with van der Waals surface area (Å²) in [5.41, 5.74) is 2.93. The van der Waals surface area contributed by atoms with Crippen LogP contribution < -0.4 is 0 Å². The lowest BCUT2D eigenvalue weighted by atomic mass is 10.1. The molecular weight excluding hydrogens is 387 g/mol. The number of imidazole rings is 1. The number of nitrogens with zero attached hydrogens (tertiary/aromatic N) is 1. The number of aromatic nitrogens is 2. The van der Waals surface area contributed by atoms with Crippen LogP contribution in [0.15, 0.2) is 41.3 Å². The minimum atomic E-state index is -4.39. The van der Waals surface area contributed by atoms with Gasteiger partial charge in [0.1, 0.15) is 5.82 Å². The Hall–Kier alpha value is -0.950. The van der Waals surface area contributed by atoms with Crippen LogP contribution in [0, 0.1) is 0 Å². The van der Waals surface area contributed by atoms with E-state index in [-0.39, 0.29) is 5.82 Å². The summed E-state index contributed by atoms with van der Waals surface area (Å²) in [5.74, 6) is 0.118. The Morgan fingerprint density at radius 1 is 1.29 bits per heavy atom. The van der Waals surface area contributed by atoms with Crippen LogP contribution >= 0.6 is 43.6 Å². The average Bonchev–Trinajstić information content (AvgIpc) is 2.95. The Morgan fingerprint density at radius 2 is 1.96 bits per heavy atom. The molecule has 3 rings (SSSR count). The van der Waals surface area contributed by atoms with Crippen molar-refractivity contribution in [2.24, 2.45) is 0 Å². The lowest BCUT2D eigenvalue weighted by molar-refractivity contribution is 0.370. The molecule has 1 atom stereocenters. The molecule has 0 aliphatic carbocycles. The highest BCUT2D eigenvalue weighted by Crippen LogP contribution is 2.53. The first-order valence-corrected chi connectivity index (χ1v) is 10.7. The van der Waals surface area contributed by atoms with Crippen molar-refractivity contribution in [1.82, 2.24) is 9.97 Å². The van der Waals surface area contributed by atoms with E-state index in [1.54, 1.807) is 23.9 Å². The largest absolute Gasteiger partial charge is 0.345 e. The van der Waals surface area contributed by atoms with Gasteiger partial charge in [0.15, 0.2) is 4.99 Å². The van der Waals surface area contributed by atoms with Crippen LogP contribution in [0.2, 0.25) is 5.02 Å². The van der Waals surface area contributed by atoms with E-state index >= 15 is 0 Å². The number of benzene rings is 2. The minimum absolute atomic E-state index is 0.118. The van der Waals surface area contributed by atoms with E-state index in [9.17, 15) is 14.4 Å². The third kappa shape index (κ3) is 3.52. The van der Waals surface area contributed by atoms with Crippen LogP contribution in [-0.4, -0.2) is 26.0 Å². The number of nitrogens with one attached hydrogen (secondary N) is 1. The van der Waals surface area contributed by atoms with Crippen molar-refractivity contribution in [3.63, 3.8) is 0 Å². The quantitative estimate of drug-likeness (QED) is 0.289. The maximum atomic E-state index is 11.4. The maximum absolute atomic E-state index is 11.4. The average molecular weight is 401 g/mol. The smallest absolute Gasteiger partial charge is 0.340 e. The molecule has 1 heterocycles. The number of hydrogen-bond donors (Lipinski definition) is 4. The molecule has 3 aromatic rings. The van der Waals surface area contributed by atoms with Gasteiger partial charge in [-0.05, 0) is 36.1 Å². The van der Waals surface area contributed by atoms with E-state index < -0.39 is 12.6 Å². The molecule has 3 N–H and O–H groups in total. The summed E-state index contributed by atoms with van der Waals surface area (Å²) in [6, 6.07) is 11.5. The van der Waals surface area contributed by atoms with Crippen molar-refractivity contribution in [1.29, 1.82) is 0 Å². The fourth-order valence-electron chi connectivity index (χ4n) is 2.32. The summed E-state index contributed by atoms with van der Waals surface area (Å²) in [6.07, 6.45) is 2.01. The first kappa shape index (κ1) is 17.9. The predicted octanol–water partition coefficient (Wildman–Crippen LogP) is 4.71. The Morgan fingerprint density at radius 3 is 2.54 bits per heavy atom. The number of aromatic amines is 1. The van der Waals surface area contributed by atoms with E-state index in [1.807, 2.05) is 30.5 Å². The Bertz CT molecular complexity index is 940. The van der Waals surface area contributed by atoms with E-state index in [2.05, 4.69) is 22.6 Å². The van der Waals surface area contributed by atoms with E-state index in [4.69, 9.17) is 11.6 Å². The molecule has 1 unspecified atom stereocenters. The highest BCUT2D eigenvalue weighted by Gasteiger charge is 2.29. The van der Waals surface area contributed by atoms with Crippen LogP contribution in [0.3, 0.4) is 0 Å². The third-order valence-electron chi connectivity index (χ3n) is 3.55. The summed E-state index contributed by atoms with van der Waals surface area (Å²) < 4.78 is 11.4. The van der Waals surface area contributed by atoms with Gasteiger partial charge in [0.25, 0.3) is 0 Å². The van der Waals surface area contributed by atoms with Gasteiger partial charge in [0, 0.05) is 10.5 Å². The SMILES string of the molecule is CSc1ccc(-c2cc3nc(C(S)P(=O)(O)O)[nH]c3cc2Cl)cc1. The third-order valence-corrected chi connectivity index (χ3v) is 6.64. The lowest BCUT2D eigenvalue weighted by Crippen LogP contribution is -1.94. The van der Waals surface area contributed by atoms with Crippen molar-refractivity contribution in [3.05, 3.63) is 47.2 Å². The van der Waals surface area contributed by atoms with E-state index in [0.29, 0.717) is 16.1 Å². The zero-order valence-electron chi connectivity index (χ0n) is 12.5. The summed E-state index contributed by atoms with van der Waals surface area (Å²) in [5, 5.41) is 0.529. The second-order valence-electron chi connectivity index (χ2n) is 5.16. The highest BCUT2D eigenvalue weighted by molar-refractivity contribution is 7.98. The molecule has 0 aliphatic rings. The molecule has 126 valence electrons. The molecule has 0 bridgehead atoms. The Labute approximate surface area is 153 Å². The molecule has 0 saturated heterocycles. The summed E-state index contributed by atoms with van der Waals surface area (Å²) in [4.78, 5) is 25.5. The van der Waals surface area contributed by atoms with Gasteiger partial charge < -0.3 is 14.8 Å². The molecule has 0 fully saturated rings. The molecule has 9 heteroatoms. The van der Waals surface area contributed by atoms with Crippen LogP contribution in [0.4, 0.5) is 0 Å². The topological polar surface area (TPSA) is 86.2 Å². The zero-order valence-corrected chi connectivity index (χ0v) is 15.8. The Balaban J connectivity index is 2.07. The molecule has 0 spiro atoms. The summed E-state index contributed by atoms with van der Waals surface area (Å²) in [6.45, 7) is 0. The second kappa shape index (κ2) is 6.75. The van der Waals surface area contributed by atoms with Gasteiger partial charge in [0.2, 0.25) is 0 Å². The van der Waals surface area contributed by atoms with Crippen molar-refractivity contribution in [2.75, 3.05) is 6.26 Å². The Kier molecular flexibility index (Phi) is 5.02. The van der Waals surface area contributed by atoms with Crippen molar-refractivity contribution >= 4 is 54.6 Å². The standard InChI is InChI=1S/C15H14ClN2O3PS2/c1-24-9-4-2-8(3-5-9)10-6-12-13(7-11(10)16)18-14(17-12)15(23)22(19,20)21/h2-7,15,23H,1H3,(H,17,18)(H2,19,20,21). The molecule has 2 aromatic carbocycles. The van der Waals surface area contributed by atoms with Gasteiger partial charge in [-0.2, -0.15) is 12.6 Å². The molecule has 0 radical (unpaired) electrons. The molecule has 5 nitrogen and oxygen atoms in total. The van der Waals surface area contributed by atoms with Gasteiger partial charge in [-0.1, -0.05) is 23.7 Å². The van der Waals surface area contributed by atoms with Crippen molar-refractivity contribution < 1.29 is 14.4 Å². The second-order valence-corrected chi connectivity index (χ2v) is 9.07. The number of fused-ring (bicyclic) bond motifs is 1. The number of thioether (sulfide) groups is 1. The first-order chi connectivity index (χ1) is 11.3. The van der Waals surface area contributed by atoms with Gasteiger partial charge in [-0.25, -0.2) is 4.98 Å². The maximum Gasteiger partial charge on any atom is 0.345 e. The summed E-state index contributed by atoms with van der Waals surface area (Å²) >= 11 is 12.0. The fraction of sp³-hybridized carbons (Fsp3) is 0.133. The van der Waals surface area contributed by atoms with Crippen LogP contribution in [-0.2, 0) is 4.57 Å². The van der Waals surface area contributed by atoms with Gasteiger partial charge in [0.05, 0.1) is 16.1 Å². The predicted molar refractivity (Wildman–Crippen MR) is 102 cm³/mol. The number of hydrogen-bond acceptors (Lipinski definition) is 4. The van der Waals surface area contributed by atoms with Crippen molar-refractivity contribution in [2.45, 2.75) is 9.89 Å². The van der Waals surface area contributed by atoms with Gasteiger partial charge in [-0.3, -0.25) is 4.57 Å². The van der Waals surface area contributed by atoms with Crippen LogP contribution in [0.1, 0.15) is 10.8 Å². The molecule has 0 amide bonds. The molecular formula is C15H14ClN2O3PS2. The van der Waals surface area contributed by atoms with Crippen LogP contribution in [0.5, 0.6) is 0 Å². The highest BCUT2D eigenvalue weighted by atomic mass is 35.5. The fourth-order valence-corrected chi connectivity index (χ4v) is 3.57. The van der Waals surface area contributed by atoms with E-state index in [0.717, 1.165) is 16.0 Å². The number of thiol groups is 1. The zero-order chi connectivity index (χ0) is 17.5. The molecule has 1 aromatic heterocycles. The minimum Gasteiger partial charge on any atom is -0.340 e. The first-order valence-electron chi connectivity index (χ1n) is 6.86. The number of H-pyrrole nitrogens is 1.